The second kappa shape index (κ2) is 7.06. The van der Waals surface area contributed by atoms with Crippen molar-refractivity contribution in [3.8, 4) is 5.75 Å². The molecule has 0 saturated heterocycles. The molecular formula is C15H21NO5. The van der Waals surface area contributed by atoms with Crippen LogP contribution in [0.4, 0.5) is 5.69 Å². The number of nitrogens with zero attached hydrogens (tertiary/aromatic N) is 1. The fourth-order valence-electron chi connectivity index (χ4n) is 1.89. The van der Waals surface area contributed by atoms with Gasteiger partial charge in [-0.1, -0.05) is 0 Å². The first-order valence-corrected chi connectivity index (χ1v) is 6.85. The normalized spacial score (nSPS) is 11.2. The van der Waals surface area contributed by atoms with E-state index in [1.54, 1.807) is 32.9 Å². The van der Waals surface area contributed by atoms with Crippen molar-refractivity contribution in [1.82, 2.24) is 0 Å². The van der Waals surface area contributed by atoms with Gasteiger partial charge in [0.05, 0.1) is 16.9 Å². The number of nitro benzene ring substituents is 1. The van der Waals surface area contributed by atoms with E-state index < -0.39 is 16.3 Å². The molecule has 0 saturated carbocycles. The van der Waals surface area contributed by atoms with Crippen molar-refractivity contribution in [1.29, 1.82) is 0 Å². The number of ether oxygens (including phenoxy) is 1. The molecule has 0 heterocycles. The summed E-state index contributed by atoms with van der Waals surface area (Å²) in [7, 11) is 0. The highest BCUT2D eigenvalue weighted by molar-refractivity contribution is 5.73. The Hall–Kier alpha value is -2.11. The van der Waals surface area contributed by atoms with Crippen molar-refractivity contribution in [2.24, 2.45) is 5.41 Å². The van der Waals surface area contributed by atoms with Gasteiger partial charge in [0.25, 0.3) is 5.69 Å². The first-order valence-electron chi connectivity index (χ1n) is 6.85. The number of carboxylic acids is 1. The van der Waals surface area contributed by atoms with Crippen LogP contribution in [0.3, 0.4) is 0 Å². The van der Waals surface area contributed by atoms with E-state index in [2.05, 4.69) is 0 Å². The van der Waals surface area contributed by atoms with Crippen LogP contribution in [0.15, 0.2) is 18.2 Å². The Morgan fingerprint density at radius 2 is 2.05 bits per heavy atom. The van der Waals surface area contributed by atoms with Gasteiger partial charge in [0.2, 0.25) is 0 Å². The number of rotatable bonds is 8. The number of hydrogen-bond acceptors (Lipinski definition) is 4. The van der Waals surface area contributed by atoms with Crippen LogP contribution in [0.1, 0.15) is 38.7 Å². The molecule has 0 aliphatic heterocycles. The van der Waals surface area contributed by atoms with Crippen molar-refractivity contribution in [2.45, 2.75) is 40.0 Å². The lowest BCUT2D eigenvalue weighted by atomic mass is 9.87. The first kappa shape index (κ1) is 16.9. The van der Waals surface area contributed by atoms with Gasteiger partial charge in [-0.25, -0.2) is 0 Å². The maximum absolute atomic E-state index is 10.9. The smallest absolute Gasteiger partial charge is 0.309 e. The van der Waals surface area contributed by atoms with Crippen molar-refractivity contribution in [3.63, 3.8) is 0 Å². The van der Waals surface area contributed by atoms with Crippen LogP contribution < -0.4 is 4.74 Å². The lowest BCUT2D eigenvalue weighted by Crippen LogP contribution is -2.23. The third-order valence-corrected chi connectivity index (χ3v) is 3.41. The van der Waals surface area contributed by atoms with Crippen molar-refractivity contribution in [3.05, 3.63) is 33.9 Å². The SMILES string of the molecule is Cc1cc(OCCCCC(C)(C)C(=O)O)ccc1[N+](=O)[O-]. The Kier molecular flexibility index (Phi) is 5.69. The Morgan fingerprint density at radius 3 is 2.57 bits per heavy atom. The third kappa shape index (κ3) is 5.06. The van der Waals surface area contributed by atoms with Gasteiger partial charge in [0.1, 0.15) is 5.75 Å². The maximum Gasteiger partial charge on any atom is 0.309 e. The van der Waals surface area contributed by atoms with Crippen LogP contribution in [0.25, 0.3) is 0 Å². The van der Waals surface area contributed by atoms with E-state index in [1.807, 2.05) is 0 Å². The minimum atomic E-state index is -0.797. The summed E-state index contributed by atoms with van der Waals surface area (Å²) in [4.78, 5) is 21.2. The van der Waals surface area contributed by atoms with Crippen LogP contribution in [-0.4, -0.2) is 22.6 Å². The van der Waals surface area contributed by atoms with Gasteiger partial charge in [0, 0.05) is 11.6 Å². The van der Waals surface area contributed by atoms with Gasteiger partial charge in [-0.15, -0.1) is 0 Å². The number of carboxylic acid groups (broad SMARTS) is 1. The number of nitro groups is 1. The van der Waals surface area contributed by atoms with E-state index in [4.69, 9.17) is 9.84 Å². The molecule has 1 N–H and O–H groups in total. The summed E-state index contributed by atoms with van der Waals surface area (Å²) < 4.78 is 5.53. The summed E-state index contributed by atoms with van der Waals surface area (Å²) in [6.07, 6.45) is 2.09. The standard InChI is InChI=1S/C15H21NO5/c1-11-10-12(6-7-13(11)16(19)20)21-9-5-4-8-15(2,3)14(17)18/h6-7,10H,4-5,8-9H2,1-3H3,(H,17,18). The molecule has 1 rings (SSSR count). The second-order valence-electron chi connectivity index (χ2n) is 5.70. The topological polar surface area (TPSA) is 89.7 Å². The van der Waals surface area contributed by atoms with Gasteiger partial charge < -0.3 is 9.84 Å². The Bertz CT molecular complexity index is 525. The van der Waals surface area contributed by atoms with E-state index in [0.29, 0.717) is 24.3 Å². The Morgan fingerprint density at radius 1 is 1.38 bits per heavy atom. The van der Waals surface area contributed by atoms with Crippen LogP contribution in [0.5, 0.6) is 5.75 Å². The number of aliphatic carboxylic acids is 1. The van der Waals surface area contributed by atoms with Gasteiger partial charge in [-0.05, 0) is 52.2 Å². The summed E-state index contributed by atoms with van der Waals surface area (Å²) in [6, 6.07) is 4.64. The van der Waals surface area contributed by atoms with Crippen molar-refractivity contribution in [2.75, 3.05) is 6.61 Å². The van der Waals surface area contributed by atoms with Gasteiger partial charge >= 0.3 is 5.97 Å². The van der Waals surface area contributed by atoms with Gasteiger partial charge in [-0.2, -0.15) is 0 Å². The number of benzene rings is 1. The third-order valence-electron chi connectivity index (χ3n) is 3.41. The Labute approximate surface area is 123 Å². The van der Waals surface area contributed by atoms with Crippen molar-refractivity contribution >= 4 is 11.7 Å². The quantitative estimate of drug-likeness (QED) is 0.450. The summed E-state index contributed by atoms with van der Waals surface area (Å²) >= 11 is 0. The van der Waals surface area contributed by atoms with E-state index in [1.165, 1.54) is 6.07 Å². The molecule has 0 amide bonds. The number of aryl methyl sites for hydroxylation is 1. The lowest BCUT2D eigenvalue weighted by Gasteiger charge is -2.18. The zero-order valence-electron chi connectivity index (χ0n) is 12.6. The molecule has 0 aromatic heterocycles. The van der Waals surface area contributed by atoms with E-state index >= 15 is 0 Å². The first-order chi connectivity index (χ1) is 9.74. The van der Waals surface area contributed by atoms with Crippen molar-refractivity contribution < 1.29 is 19.6 Å². The molecule has 0 spiro atoms. The predicted octanol–water partition coefficient (Wildman–Crippen LogP) is 3.56. The summed E-state index contributed by atoms with van der Waals surface area (Å²) in [5.74, 6) is -0.204. The highest BCUT2D eigenvalue weighted by Crippen LogP contribution is 2.25. The highest BCUT2D eigenvalue weighted by Gasteiger charge is 2.25. The molecule has 21 heavy (non-hydrogen) atoms. The fraction of sp³-hybridized carbons (Fsp3) is 0.533. The number of hydrogen-bond donors (Lipinski definition) is 1. The van der Waals surface area contributed by atoms with Crippen LogP contribution in [0.2, 0.25) is 0 Å². The summed E-state index contributed by atoms with van der Waals surface area (Å²) in [5.41, 5.74) is -0.0840. The summed E-state index contributed by atoms with van der Waals surface area (Å²) in [5, 5.41) is 19.7. The molecule has 0 unspecified atom stereocenters. The minimum absolute atomic E-state index is 0.0746. The molecule has 1 aromatic rings. The molecule has 6 heteroatoms. The van der Waals surface area contributed by atoms with Crippen LogP contribution >= 0.6 is 0 Å². The average molecular weight is 295 g/mol. The Balaban J connectivity index is 2.39. The average Bonchev–Trinajstić information content (AvgIpc) is 2.37. The molecule has 0 bridgehead atoms. The molecule has 0 aliphatic rings. The monoisotopic (exact) mass is 295 g/mol. The number of unbranched alkanes of at least 4 members (excludes halogenated alkanes) is 1. The molecule has 0 fully saturated rings. The highest BCUT2D eigenvalue weighted by atomic mass is 16.6. The fourth-order valence-corrected chi connectivity index (χ4v) is 1.89. The van der Waals surface area contributed by atoms with E-state index in [0.717, 1.165) is 12.8 Å². The maximum atomic E-state index is 10.9. The second-order valence-corrected chi connectivity index (χ2v) is 5.70. The predicted molar refractivity (Wildman–Crippen MR) is 78.6 cm³/mol. The molecule has 0 atom stereocenters. The minimum Gasteiger partial charge on any atom is -0.494 e. The molecule has 0 aliphatic carbocycles. The summed E-state index contributed by atoms with van der Waals surface area (Å²) in [6.45, 7) is 5.54. The largest absolute Gasteiger partial charge is 0.494 e. The van der Waals surface area contributed by atoms with Gasteiger partial charge in [-0.3, -0.25) is 14.9 Å². The molecule has 6 nitrogen and oxygen atoms in total. The zero-order chi connectivity index (χ0) is 16.0. The van der Waals surface area contributed by atoms with E-state index in [9.17, 15) is 14.9 Å². The molecular weight excluding hydrogens is 274 g/mol. The van der Waals surface area contributed by atoms with E-state index in [-0.39, 0.29) is 5.69 Å². The molecule has 0 radical (unpaired) electrons. The zero-order valence-corrected chi connectivity index (χ0v) is 12.6. The van der Waals surface area contributed by atoms with Gasteiger partial charge in [0.15, 0.2) is 0 Å². The van der Waals surface area contributed by atoms with Crippen LogP contribution in [0, 0.1) is 22.5 Å². The number of carbonyl (C=O) groups is 1. The lowest BCUT2D eigenvalue weighted by molar-refractivity contribution is -0.385. The van der Waals surface area contributed by atoms with Crippen LogP contribution in [-0.2, 0) is 4.79 Å². The molecule has 116 valence electrons. The molecule has 1 aromatic carbocycles.